The van der Waals surface area contributed by atoms with E-state index in [9.17, 15) is 12.8 Å². The second kappa shape index (κ2) is 8.34. The van der Waals surface area contributed by atoms with Crippen molar-refractivity contribution in [3.63, 3.8) is 0 Å². The van der Waals surface area contributed by atoms with Crippen LogP contribution in [0.4, 0.5) is 10.1 Å². The summed E-state index contributed by atoms with van der Waals surface area (Å²) in [6.45, 7) is 5.98. The Kier molecular flexibility index (Phi) is 5.53. The molecule has 1 aromatic carbocycles. The zero-order valence-electron chi connectivity index (χ0n) is 19.6. The molecule has 0 amide bonds. The van der Waals surface area contributed by atoms with E-state index in [-0.39, 0.29) is 22.4 Å². The summed E-state index contributed by atoms with van der Waals surface area (Å²) >= 11 is 0. The first-order valence-corrected chi connectivity index (χ1v) is 14.0. The molecule has 5 aliphatic rings. The van der Waals surface area contributed by atoms with Crippen LogP contribution in [0.1, 0.15) is 26.2 Å². The number of halogens is 1. The number of quaternary nitrogens is 1. The van der Waals surface area contributed by atoms with Gasteiger partial charge in [0.2, 0.25) is 10.0 Å². The number of sulfonamides is 1. The fourth-order valence-corrected chi connectivity index (χ4v) is 7.82. The third-order valence-electron chi connectivity index (χ3n) is 8.06. The molecule has 0 radical (unpaired) electrons. The van der Waals surface area contributed by atoms with Crippen molar-refractivity contribution in [1.29, 1.82) is 0 Å². The van der Waals surface area contributed by atoms with Gasteiger partial charge in [0.05, 0.1) is 38.3 Å². The van der Waals surface area contributed by atoms with Gasteiger partial charge < -0.3 is 4.74 Å². The Morgan fingerprint density at radius 3 is 2.59 bits per heavy atom. The Hall–Kier alpha value is -1.91. The lowest BCUT2D eigenvalue weighted by molar-refractivity contribution is -0.0610. The summed E-state index contributed by atoms with van der Waals surface area (Å²) in [5, 5.41) is 7.36. The van der Waals surface area contributed by atoms with Crippen LogP contribution in [-0.4, -0.2) is 69.1 Å². The number of allylic oxidation sites excluding steroid dienone is 2. The summed E-state index contributed by atoms with van der Waals surface area (Å²) in [5.41, 5.74) is 4.44. The van der Waals surface area contributed by atoms with Crippen molar-refractivity contribution in [3.8, 4) is 0 Å². The van der Waals surface area contributed by atoms with Crippen molar-refractivity contribution in [3.05, 3.63) is 53.0 Å². The predicted octanol–water partition coefficient (Wildman–Crippen LogP) is 3.27. The molecule has 3 unspecified atom stereocenters. The molecule has 0 N–H and O–H groups in total. The summed E-state index contributed by atoms with van der Waals surface area (Å²) in [6, 6.07) is 6.63. The molecule has 2 aliphatic carbocycles. The number of nitrogens with zero attached hydrogens (tertiary/aromatic N) is 4. The number of morpholine rings is 1. The standard InChI is InChI=1S/C25H32FN4O3S/c1-18-23-15-27-30(28-10-12-33-13-11-28,22-6-4-21(26)5-7-22)25(23)14-20-8-9-29(16-24(18)20)34(31,32)17-19-2-3-19/h4-7,14-15,18-19,24H,2-3,8-13,16-17H2,1H3/q+1. The lowest BCUT2D eigenvalue weighted by Gasteiger charge is -2.43. The van der Waals surface area contributed by atoms with Crippen LogP contribution >= 0.6 is 0 Å². The van der Waals surface area contributed by atoms with E-state index in [2.05, 4.69) is 18.0 Å². The van der Waals surface area contributed by atoms with E-state index < -0.39 is 10.0 Å². The van der Waals surface area contributed by atoms with Crippen LogP contribution in [-0.2, 0) is 14.8 Å². The maximum atomic E-state index is 13.8. The molecule has 3 aliphatic heterocycles. The minimum Gasteiger partial charge on any atom is -0.378 e. The number of fused-ring (bicyclic) bond motifs is 1. The number of hydrogen-bond acceptors (Lipinski definition) is 5. The summed E-state index contributed by atoms with van der Waals surface area (Å²) in [5.74, 6) is 0.690. The molecule has 1 aromatic rings. The van der Waals surface area contributed by atoms with E-state index in [1.807, 2.05) is 18.3 Å². The van der Waals surface area contributed by atoms with Gasteiger partial charge in [0.25, 0.3) is 0 Å². The summed E-state index contributed by atoms with van der Waals surface area (Å²) in [6.07, 6.45) is 7.04. The molecule has 1 saturated carbocycles. The van der Waals surface area contributed by atoms with E-state index in [1.165, 1.54) is 17.7 Å². The van der Waals surface area contributed by atoms with Gasteiger partial charge in [0.15, 0.2) is 11.4 Å². The first-order valence-electron chi connectivity index (χ1n) is 12.4. The Labute approximate surface area is 200 Å². The summed E-state index contributed by atoms with van der Waals surface area (Å²) in [4.78, 5) is 0. The number of ether oxygens (including phenoxy) is 1. The van der Waals surface area contributed by atoms with Crippen LogP contribution in [0.5, 0.6) is 0 Å². The maximum absolute atomic E-state index is 13.8. The van der Waals surface area contributed by atoms with Gasteiger partial charge in [0, 0.05) is 42.8 Å². The highest BCUT2D eigenvalue weighted by Crippen LogP contribution is 2.47. The van der Waals surface area contributed by atoms with Crippen LogP contribution in [0.15, 0.2) is 52.3 Å². The van der Waals surface area contributed by atoms with E-state index in [0.717, 1.165) is 49.3 Å². The molecule has 3 heterocycles. The number of benzene rings is 1. The smallest absolute Gasteiger partial charge is 0.214 e. The Balaban J connectivity index is 1.36. The van der Waals surface area contributed by atoms with Crippen LogP contribution in [0, 0.1) is 23.6 Å². The molecule has 182 valence electrons. The highest BCUT2D eigenvalue weighted by Gasteiger charge is 2.52. The number of piperidine rings is 1. The first-order chi connectivity index (χ1) is 16.4. The number of hydrogen-bond donors (Lipinski definition) is 0. The minimum absolute atomic E-state index is 0.152. The summed E-state index contributed by atoms with van der Waals surface area (Å²) < 4.78 is 47.3. The molecule has 7 nitrogen and oxygen atoms in total. The fraction of sp³-hybridized carbons (Fsp3) is 0.560. The highest BCUT2D eigenvalue weighted by molar-refractivity contribution is 7.89. The van der Waals surface area contributed by atoms with E-state index in [1.54, 1.807) is 4.31 Å². The molecule has 2 saturated heterocycles. The Morgan fingerprint density at radius 2 is 1.88 bits per heavy atom. The van der Waals surface area contributed by atoms with Crippen molar-refractivity contribution < 1.29 is 17.5 Å². The molecular formula is C25H32FN4O3S+. The molecule has 0 spiro atoms. The van der Waals surface area contributed by atoms with Crippen molar-refractivity contribution in [1.82, 2.24) is 14.0 Å². The monoisotopic (exact) mass is 487 g/mol. The summed E-state index contributed by atoms with van der Waals surface area (Å²) in [7, 11) is -3.21. The Bertz CT molecular complexity index is 1170. The quantitative estimate of drug-likeness (QED) is 0.598. The second-order valence-corrected chi connectivity index (χ2v) is 12.2. The first kappa shape index (κ1) is 22.5. The molecule has 34 heavy (non-hydrogen) atoms. The zero-order valence-corrected chi connectivity index (χ0v) is 20.4. The largest absolute Gasteiger partial charge is 0.378 e. The topological polar surface area (TPSA) is 62.2 Å². The van der Waals surface area contributed by atoms with Crippen molar-refractivity contribution in [2.45, 2.75) is 26.2 Å². The molecule has 3 atom stereocenters. The molecule has 0 bridgehead atoms. The van der Waals surface area contributed by atoms with Gasteiger partial charge in [-0.3, -0.25) is 0 Å². The lowest BCUT2D eigenvalue weighted by atomic mass is 9.75. The van der Waals surface area contributed by atoms with Gasteiger partial charge in [-0.15, -0.1) is 5.01 Å². The zero-order chi connectivity index (χ0) is 23.5. The SMILES string of the molecule is CC1C2=C(C=C3CCN(S(=O)(=O)CC4CC4)CC31)[N+](c1ccc(F)cc1)(N1CCOCC1)N=C2. The van der Waals surface area contributed by atoms with Crippen LogP contribution in [0.3, 0.4) is 0 Å². The number of rotatable bonds is 5. The van der Waals surface area contributed by atoms with Crippen LogP contribution in [0.25, 0.3) is 0 Å². The molecule has 3 fully saturated rings. The van der Waals surface area contributed by atoms with Crippen molar-refractivity contribution in [2.75, 3.05) is 45.1 Å². The molecule has 0 aromatic heterocycles. The predicted molar refractivity (Wildman–Crippen MR) is 130 cm³/mol. The Morgan fingerprint density at radius 1 is 1.15 bits per heavy atom. The third kappa shape index (κ3) is 3.69. The van der Waals surface area contributed by atoms with Gasteiger partial charge >= 0.3 is 0 Å². The highest BCUT2D eigenvalue weighted by atomic mass is 32.2. The van der Waals surface area contributed by atoms with Crippen molar-refractivity contribution >= 4 is 21.9 Å². The molecule has 9 heteroatoms. The van der Waals surface area contributed by atoms with Gasteiger partial charge in [-0.1, -0.05) is 22.3 Å². The normalized spacial score (nSPS) is 32.5. The van der Waals surface area contributed by atoms with Crippen molar-refractivity contribution in [2.24, 2.45) is 22.9 Å². The minimum atomic E-state index is -3.21. The fourth-order valence-electron chi connectivity index (χ4n) is 5.92. The molecule has 6 rings (SSSR count). The van der Waals surface area contributed by atoms with E-state index in [0.29, 0.717) is 38.0 Å². The van der Waals surface area contributed by atoms with Gasteiger partial charge in [-0.2, -0.15) is 0 Å². The van der Waals surface area contributed by atoms with Gasteiger partial charge in [-0.05, 0) is 43.2 Å². The van der Waals surface area contributed by atoms with E-state index in [4.69, 9.17) is 9.84 Å². The average molecular weight is 488 g/mol. The van der Waals surface area contributed by atoms with E-state index >= 15 is 0 Å². The third-order valence-corrected chi connectivity index (χ3v) is 10.1. The van der Waals surface area contributed by atoms with Gasteiger partial charge in [-0.25, -0.2) is 17.1 Å². The maximum Gasteiger partial charge on any atom is 0.214 e. The van der Waals surface area contributed by atoms with Crippen LogP contribution < -0.4 is 4.70 Å². The van der Waals surface area contributed by atoms with Crippen LogP contribution in [0.2, 0.25) is 0 Å². The average Bonchev–Trinajstić information content (AvgIpc) is 3.56. The lowest BCUT2D eigenvalue weighted by Crippen LogP contribution is -2.60. The molecular weight excluding hydrogens is 455 g/mol. The van der Waals surface area contributed by atoms with Gasteiger partial charge in [0.1, 0.15) is 5.82 Å². The second-order valence-electron chi connectivity index (χ2n) is 10.2.